The molecule has 6 heteroatoms. The molecule has 0 aliphatic carbocycles. The molecule has 28 heavy (non-hydrogen) atoms. The van der Waals surface area contributed by atoms with E-state index in [9.17, 15) is 19.7 Å². The summed E-state index contributed by atoms with van der Waals surface area (Å²) in [6.07, 6.45) is 0.493. The molecule has 0 spiro atoms. The van der Waals surface area contributed by atoms with Gasteiger partial charge in [0.2, 0.25) is 0 Å². The van der Waals surface area contributed by atoms with Crippen LogP contribution in [0.25, 0.3) is 0 Å². The third-order valence-corrected chi connectivity index (χ3v) is 4.26. The van der Waals surface area contributed by atoms with Crippen LogP contribution in [0.1, 0.15) is 36.2 Å². The lowest BCUT2D eigenvalue weighted by atomic mass is 10.0. The zero-order valence-electron chi connectivity index (χ0n) is 15.9. The van der Waals surface area contributed by atoms with Gasteiger partial charge < -0.3 is 24.8 Å². The van der Waals surface area contributed by atoms with Gasteiger partial charge in [-0.3, -0.25) is 0 Å². The molecule has 150 valence electrons. The van der Waals surface area contributed by atoms with E-state index in [-0.39, 0.29) is 13.0 Å². The molecular weight excluding hydrogens is 363 g/mol. The molecule has 0 saturated carbocycles. The summed E-state index contributed by atoms with van der Waals surface area (Å²) in [5, 5.41) is 29.8. The number of rotatable bonds is 9. The first-order valence-electron chi connectivity index (χ1n) is 8.85. The number of hydrogen-bond acceptors (Lipinski definition) is 5. The number of hydrogen-bond donors (Lipinski definition) is 3. The molecule has 0 bridgehead atoms. The van der Waals surface area contributed by atoms with Gasteiger partial charge in [-0.15, -0.1) is 5.73 Å². The first-order chi connectivity index (χ1) is 13.4. The van der Waals surface area contributed by atoms with Gasteiger partial charge in [0.05, 0.1) is 25.9 Å². The molecule has 3 N–H and O–H groups in total. The van der Waals surface area contributed by atoms with E-state index in [1.165, 1.54) is 12.1 Å². The molecule has 0 aliphatic heterocycles. The van der Waals surface area contributed by atoms with Crippen molar-refractivity contribution < 1.29 is 29.2 Å². The summed E-state index contributed by atoms with van der Waals surface area (Å²) in [6.45, 7) is 0.285. The van der Waals surface area contributed by atoms with Crippen LogP contribution in [0.4, 0.5) is 4.39 Å². The summed E-state index contributed by atoms with van der Waals surface area (Å²) in [7, 11) is 3.13. The van der Waals surface area contributed by atoms with Crippen LogP contribution in [0.15, 0.2) is 59.8 Å². The largest absolute Gasteiger partial charge is 0.505 e. The van der Waals surface area contributed by atoms with Crippen molar-refractivity contribution in [2.24, 2.45) is 0 Å². The minimum atomic E-state index is -0.932. The van der Waals surface area contributed by atoms with Crippen LogP contribution in [0.2, 0.25) is 0 Å². The van der Waals surface area contributed by atoms with Crippen LogP contribution in [-0.4, -0.2) is 36.1 Å². The van der Waals surface area contributed by atoms with Gasteiger partial charge in [-0.05, 0) is 47.0 Å². The van der Waals surface area contributed by atoms with Crippen LogP contribution in [0.3, 0.4) is 0 Å². The molecule has 2 atom stereocenters. The Labute approximate surface area is 164 Å². The highest BCUT2D eigenvalue weighted by Gasteiger charge is 2.11. The molecule has 2 rings (SSSR count). The maximum atomic E-state index is 13.4. The predicted molar refractivity (Wildman–Crippen MR) is 104 cm³/mol. The molecule has 0 unspecified atom stereocenters. The molecule has 0 fully saturated rings. The number of halogens is 1. The number of ether oxygens (including phenoxy) is 2. The van der Waals surface area contributed by atoms with Crippen molar-refractivity contribution in [1.82, 2.24) is 0 Å². The summed E-state index contributed by atoms with van der Waals surface area (Å²) < 4.78 is 23.7. The smallest absolute Gasteiger partial charge is 0.165 e. The van der Waals surface area contributed by atoms with Gasteiger partial charge in [0.15, 0.2) is 11.6 Å². The molecule has 5 nitrogen and oxygen atoms in total. The van der Waals surface area contributed by atoms with Gasteiger partial charge >= 0.3 is 0 Å². The zero-order chi connectivity index (χ0) is 20.5. The molecule has 0 aromatic heterocycles. The molecule has 0 heterocycles. The van der Waals surface area contributed by atoms with Gasteiger partial charge in [-0.1, -0.05) is 18.2 Å². The number of methoxy groups -OCH3 is 2. The van der Waals surface area contributed by atoms with E-state index >= 15 is 0 Å². The molecule has 0 amide bonds. The van der Waals surface area contributed by atoms with Crippen molar-refractivity contribution in [3.8, 4) is 11.5 Å². The Morgan fingerprint density at radius 3 is 2.36 bits per heavy atom. The van der Waals surface area contributed by atoms with Crippen molar-refractivity contribution in [1.29, 1.82) is 0 Å². The van der Waals surface area contributed by atoms with E-state index in [1.807, 2.05) is 0 Å². The lowest BCUT2D eigenvalue weighted by molar-refractivity contribution is 0.164. The van der Waals surface area contributed by atoms with Gasteiger partial charge in [0.1, 0.15) is 5.75 Å². The number of phenolic OH excluding ortho intramolecular Hbond substituents is 1. The Morgan fingerprint density at radius 1 is 1.07 bits per heavy atom. The number of phenols is 1. The van der Waals surface area contributed by atoms with Crippen molar-refractivity contribution in [3.63, 3.8) is 0 Å². The Bertz CT molecular complexity index is 825. The standard InChI is InChI=1S/C22H25FO5/c1-27-14-15(12-22(26)16-6-9-18(28-2)10-7-16)4-3-5-20(24)17-8-11-21(25)19(23)13-17/h3,6-11,13,20,22,24-26H,5,12,14H2,1-2H3/t4?,20-,22-/m1/s1. The van der Waals surface area contributed by atoms with Crippen molar-refractivity contribution in [2.75, 3.05) is 20.8 Å². The lowest BCUT2D eigenvalue weighted by Crippen LogP contribution is -2.03. The number of benzene rings is 2. The molecule has 2 aromatic rings. The topological polar surface area (TPSA) is 79.2 Å². The quantitative estimate of drug-likeness (QED) is 0.569. The Balaban J connectivity index is 2.05. The highest BCUT2D eigenvalue weighted by molar-refractivity contribution is 5.30. The number of aromatic hydroxyl groups is 1. The van der Waals surface area contributed by atoms with E-state index in [0.29, 0.717) is 17.7 Å². The average molecular weight is 388 g/mol. The van der Waals surface area contributed by atoms with E-state index in [1.54, 1.807) is 44.6 Å². The maximum Gasteiger partial charge on any atom is 0.165 e. The van der Waals surface area contributed by atoms with Crippen LogP contribution >= 0.6 is 0 Å². The van der Waals surface area contributed by atoms with Gasteiger partial charge in [-0.25, -0.2) is 4.39 Å². The average Bonchev–Trinajstić information content (AvgIpc) is 2.70. The van der Waals surface area contributed by atoms with Crippen molar-refractivity contribution in [3.05, 3.63) is 76.8 Å². The van der Waals surface area contributed by atoms with E-state index < -0.39 is 23.8 Å². The van der Waals surface area contributed by atoms with E-state index in [2.05, 4.69) is 5.73 Å². The Hall–Kier alpha value is -2.63. The third kappa shape index (κ3) is 6.22. The SMILES string of the molecule is COCC(=C=CC[C@@H](O)c1ccc(O)c(F)c1)C[C@@H](O)c1ccc(OC)cc1. The van der Waals surface area contributed by atoms with Crippen molar-refractivity contribution in [2.45, 2.75) is 25.0 Å². The molecular formula is C22H25FO5. The fourth-order valence-corrected chi connectivity index (χ4v) is 2.69. The highest BCUT2D eigenvalue weighted by Crippen LogP contribution is 2.25. The van der Waals surface area contributed by atoms with Gasteiger partial charge in [0.25, 0.3) is 0 Å². The fourth-order valence-electron chi connectivity index (χ4n) is 2.69. The van der Waals surface area contributed by atoms with Crippen LogP contribution in [-0.2, 0) is 4.74 Å². The summed E-state index contributed by atoms with van der Waals surface area (Å²) in [6, 6.07) is 10.9. The number of aliphatic hydroxyl groups excluding tert-OH is 2. The maximum absolute atomic E-state index is 13.4. The molecule has 0 saturated heterocycles. The molecule has 2 aromatic carbocycles. The highest BCUT2D eigenvalue weighted by atomic mass is 19.1. The first kappa shape index (κ1) is 21.7. The van der Waals surface area contributed by atoms with Crippen LogP contribution in [0, 0.1) is 5.82 Å². The summed E-state index contributed by atoms with van der Waals surface area (Å²) in [5.41, 5.74) is 4.89. The van der Waals surface area contributed by atoms with Gasteiger partial charge in [-0.2, -0.15) is 0 Å². The first-order valence-corrected chi connectivity index (χ1v) is 8.85. The Kier molecular flexibility index (Phi) is 8.23. The molecule has 0 radical (unpaired) electrons. The van der Waals surface area contributed by atoms with Crippen molar-refractivity contribution >= 4 is 0 Å². The van der Waals surface area contributed by atoms with E-state index in [0.717, 1.165) is 17.2 Å². The summed E-state index contributed by atoms with van der Waals surface area (Å²) in [4.78, 5) is 0. The monoisotopic (exact) mass is 388 g/mol. The molecule has 0 aliphatic rings. The minimum Gasteiger partial charge on any atom is -0.505 e. The van der Waals surface area contributed by atoms with Gasteiger partial charge in [0, 0.05) is 20.0 Å². The second-order valence-corrected chi connectivity index (χ2v) is 6.34. The normalized spacial score (nSPS) is 12.8. The second kappa shape index (κ2) is 10.6. The third-order valence-electron chi connectivity index (χ3n) is 4.26. The fraction of sp³-hybridized carbons (Fsp3) is 0.318. The van der Waals surface area contributed by atoms with Crippen LogP contribution < -0.4 is 4.74 Å². The lowest BCUT2D eigenvalue weighted by Gasteiger charge is -2.13. The second-order valence-electron chi connectivity index (χ2n) is 6.34. The summed E-state index contributed by atoms with van der Waals surface area (Å²) >= 11 is 0. The zero-order valence-corrected chi connectivity index (χ0v) is 15.9. The van der Waals surface area contributed by atoms with E-state index in [4.69, 9.17) is 9.47 Å². The number of aliphatic hydroxyl groups is 2. The minimum absolute atomic E-state index is 0.204. The summed E-state index contributed by atoms with van der Waals surface area (Å²) in [5.74, 6) is -0.525. The Morgan fingerprint density at radius 2 is 1.75 bits per heavy atom. The van der Waals surface area contributed by atoms with Crippen LogP contribution in [0.5, 0.6) is 11.5 Å². The predicted octanol–water partition coefficient (Wildman–Crippen LogP) is 3.82.